The third kappa shape index (κ3) is 4.79. The number of carbonyl (C=O) groups is 1. The zero-order valence-electron chi connectivity index (χ0n) is 14.0. The molecule has 2 aromatic rings. The number of carbonyl (C=O) groups excluding carboxylic acids is 1. The van der Waals surface area contributed by atoms with Crippen molar-refractivity contribution in [3.63, 3.8) is 0 Å². The molecular formula is C18H23N3O2S. The van der Waals surface area contributed by atoms with Crippen molar-refractivity contribution < 1.29 is 9.53 Å². The lowest BCUT2D eigenvalue weighted by atomic mass is 10.2. The van der Waals surface area contributed by atoms with Gasteiger partial charge in [-0.05, 0) is 57.1 Å². The van der Waals surface area contributed by atoms with Gasteiger partial charge in [-0.3, -0.25) is 9.69 Å². The van der Waals surface area contributed by atoms with Crippen LogP contribution in [0.3, 0.4) is 0 Å². The molecule has 1 saturated heterocycles. The molecule has 1 aliphatic rings. The molecule has 5 nitrogen and oxygen atoms in total. The minimum atomic E-state index is -0.0443. The number of amides is 1. The van der Waals surface area contributed by atoms with Crippen molar-refractivity contribution in [1.29, 1.82) is 0 Å². The summed E-state index contributed by atoms with van der Waals surface area (Å²) >= 11 is 1.64. The van der Waals surface area contributed by atoms with E-state index in [1.165, 1.54) is 12.8 Å². The lowest BCUT2D eigenvalue weighted by Crippen LogP contribution is -2.18. The van der Waals surface area contributed by atoms with Crippen LogP contribution in [0.1, 0.15) is 30.5 Å². The number of rotatable bonds is 7. The number of thiazole rings is 1. The number of nitrogens with one attached hydrogen (secondary N) is 1. The molecule has 1 aromatic carbocycles. The third-order valence-corrected chi connectivity index (χ3v) is 4.83. The first-order chi connectivity index (χ1) is 11.7. The number of nitrogens with zero attached hydrogens (tertiary/aromatic N) is 2. The van der Waals surface area contributed by atoms with Crippen LogP contribution < -0.4 is 10.1 Å². The van der Waals surface area contributed by atoms with E-state index in [9.17, 15) is 4.79 Å². The standard InChI is InChI=1S/C18H23N3O2S/c1-2-23-16-7-5-14(6-8-16)19-17(22)11-15-13-24-18(20-15)12-21-9-3-4-10-21/h5-8,13H,2-4,9-12H2,1H3,(H,19,22). The minimum absolute atomic E-state index is 0.0443. The van der Waals surface area contributed by atoms with Crippen LogP contribution in [0.2, 0.25) is 0 Å². The Bertz CT molecular complexity index is 663. The van der Waals surface area contributed by atoms with Crippen molar-refractivity contribution in [1.82, 2.24) is 9.88 Å². The van der Waals surface area contributed by atoms with Gasteiger partial charge in [0.15, 0.2) is 0 Å². The summed E-state index contributed by atoms with van der Waals surface area (Å²) in [6.07, 6.45) is 2.87. The summed E-state index contributed by atoms with van der Waals surface area (Å²) in [5.74, 6) is 0.763. The third-order valence-electron chi connectivity index (χ3n) is 3.95. The van der Waals surface area contributed by atoms with Crippen molar-refractivity contribution in [2.24, 2.45) is 0 Å². The van der Waals surface area contributed by atoms with Crippen molar-refractivity contribution >= 4 is 22.9 Å². The van der Waals surface area contributed by atoms with Crippen molar-refractivity contribution in [2.45, 2.75) is 32.7 Å². The highest BCUT2D eigenvalue weighted by Crippen LogP contribution is 2.18. The zero-order valence-corrected chi connectivity index (χ0v) is 14.8. The monoisotopic (exact) mass is 345 g/mol. The van der Waals surface area contributed by atoms with Crippen LogP contribution in [0.4, 0.5) is 5.69 Å². The molecule has 3 rings (SSSR count). The molecule has 6 heteroatoms. The molecule has 1 amide bonds. The molecule has 128 valence electrons. The Labute approximate surface area is 146 Å². The Balaban J connectivity index is 1.50. The second-order valence-corrected chi connectivity index (χ2v) is 6.84. The average molecular weight is 345 g/mol. The maximum atomic E-state index is 12.2. The Kier molecular flexibility index (Phi) is 5.82. The van der Waals surface area contributed by atoms with Gasteiger partial charge in [0, 0.05) is 11.1 Å². The van der Waals surface area contributed by atoms with E-state index in [1.807, 2.05) is 36.6 Å². The second kappa shape index (κ2) is 8.26. The molecular weight excluding hydrogens is 322 g/mol. The first-order valence-electron chi connectivity index (χ1n) is 8.41. The van der Waals surface area contributed by atoms with E-state index in [4.69, 9.17) is 4.74 Å². The molecule has 1 aromatic heterocycles. The number of hydrogen-bond donors (Lipinski definition) is 1. The molecule has 0 bridgehead atoms. The molecule has 0 unspecified atom stereocenters. The van der Waals surface area contributed by atoms with E-state index in [-0.39, 0.29) is 5.91 Å². The van der Waals surface area contributed by atoms with Gasteiger partial charge >= 0.3 is 0 Å². The Morgan fingerprint density at radius 1 is 1.29 bits per heavy atom. The van der Waals surface area contributed by atoms with Gasteiger partial charge in [0.1, 0.15) is 10.8 Å². The highest BCUT2D eigenvalue weighted by atomic mass is 32.1. The number of hydrogen-bond acceptors (Lipinski definition) is 5. The van der Waals surface area contributed by atoms with Crippen LogP contribution in [0.5, 0.6) is 5.75 Å². The molecule has 1 fully saturated rings. The van der Waals surface area contributed by atoms with E-state index in [0.717, 1.165) is 41.8 Å². The smallest absolute Gasteiger partial charge is 0.230 e. The van der Waals surface area contributed by atoms with Crippen LogP contribution in [-0.4, -0.2) is 35.5 Å². The predicted octanol–water partition coefficient (Wildman–Crippen LogP) is 3.32. The maximum absolute atomic E-state index is 12.2. The number of aromatic nitrogens is 1. The van der Waals surface area contributed by atoms with Gasteiger partial charge < -0.3 is 10.1 Å². The van der Waals surface area contributed by atoms with Crippen LogP contribution in [0.25, 0.3) is 0 Å². The lowest BCUT2D eigenvalue weighted by molar-refractivity contribution is -0.115. The summed E-state index contributed by atoms with van der Waals surface area (Å²) in [4.78, 5) is 19.2. The zero-order chi connectivity index (χ0) is 16.8. The summed E-state index contributed by atoms with van der Waals surface area (Å²) in [5, 5.41) is 5.99. The molecule has 1 aliphatic heterocycles. The minimum Gasteiger partial charge on any atom is -0.494 e. The molecule has 0 spiro atoms. The van der Waals surface area contributed by atoms with Crippen LogP contribution in [-0.2, 0) is 17.8 Å². The van der Waals surface area contributed by atoms with Crippen molar-refractivity contribution in [3.8, 4) is 5.75 Å². The molecule has 24 heavy (non-hydrogen) atoms. The number of benzene rings is 1. The maximum Gasteiger partial charge on any atom is 0.230 e. The van der Waals surface area contributed by atoms with Gasteiger partial charge in [-0.1, -0.05) is 0 Å². The number of ether oxygens (including phenoxy) is 1. The first kappa shape index (κ1) is 16.9. The molecule has 0 atom stereocenters. The van der Waals surface area contributed by atoms with Crippen molar-refractivity contribution in [3.05, 3.63) is 40.3 Å². The predicted molar refractivity (Wildman–Crippen MR) is 96.6 cm³/mol. The number of anilines is 1. The fraction of sp³-hybridized carbons (Fsp3) is 0.444. The molecule has 0 aliphatic carbocycles. The highest BCUT2D eigenvalue weighted by molar-refractivity contribution is 7.09. The van der Waals surface area contributed by atoms with Gasteiger partial charge in [-0.25, -0.2) is 4.98 Å². The van der Waals surface area contributed by atoms with Gasteiger partial charge in [-0.2, -0.15) is 0 Å². The molecule has 1 N–H and O–H groups in total. The Morgan fingerprint density at radius 3 is 2.75 bits per heavy atom. The Hall–Kier alpha value is -1.92. The molecule has 0 radical (unpaired) electrons. The van der Waals surface area contributed by atoms with E-state index in [1.54, 1.807) is 11.3 Å². The van der Waals surface area contributed by atoms with Gasteiger partial charge in [-0.15, -0.1) is 11.3 Å². The van der Waals surface area contributed by atoms with E-state index in [0.29, 0.717) is 13.0 Å². The fourth-order valence-corrected chi connectivity index (χ4v) is 3.64. The molecule has 2 heterocycles. The first-order valence-corrected chi connectivity index (χ1v) is 9.29. The fourth-order valence-electron chi connectivity index (χ4n) is 2.81. The summed E-state index contributed by atoms with van der Waals surface area (Å²) < 4.78 is 5.39. The quantitative estimate of drug-likeness (QED) is 0.836. The summed E-state index contributed by atoms with van der Waals surface area (Å²) in [6, 6.07) is 7.41. The van der Waals surface area contributed by atoms with Gasteiger partial charge in [0.25, 0.3) is 0 Å². The number of likely N-dealkylation sites (tertiary alicyclic amines) is 1. The summed E-state index contributed by atoms with van der Waals surface area (Å²) in [6.45, 7) is 5.81. The SMILES string of the molecule is CCOc1ccc(NC(=O)Cc2csc(CN3CCCC3)n2)cc1. The van der Waals surface area contributed by atoms with Crippen LogP contribution in [0.15, 0.2) is 29.6 Å². The second-order valence-electron chi connectivity index (χ2n) is 5.90. The summed E-state index contributed by atoms with van der Waals surface area (Å²) in [7, 11) is 0. The normalized spacial score (nSPS) is 14.7. The van der Waals surface area contributed by atoms with Crippen LogP contribution in [0, 0.1) is 0 Å². The topological polar surface area (TPSA) is 54.5 Å². The Morgan fingerprint density at radius 2 is 2.04 bits per heavy atom. The van der Waals surface area contributed by atoms with Gasteiger partial charge in [0.2, 0.25) is 5.91 Å². The van der Waals surface area contributed by atoms with E-state index >= 15 is 0 Å². The van der Waals surface area contributed by atoms with E-state index < -0.39 is 0 Å². The van der Waals surface area contributed by atoms with Crippen molar-refractivity contribution in [2.75, 3.05) is 25.0 Å². The van der Waals surface area contributed by atoms with Crippen LogP contribution >= 0.6 is 11.3 Å². The average Bonchev–Trinajstić information content (AvgIpc) is 3.22. The highest BCUT2D eigenvalue weighted by Gasteiger charge is 2.14. The molecule has 0 saturated carbocycles. The summed E-state index contributed by atoms with van der Waals surface area (Å²) in [5.41, 5.74) is 1.62. The van der Waals surface area contributed by atoms with E-state index in [2.05, 4.69) is 15.2 Å². The lowest BCUT2D eigenvalue weighted by Gasteiger charge is -2.11. The van der Waals surface area contributed by atoms with Gasteiger partial charge in [0.05, 0.1) is 25.3 Å². The largest absolute Gasteiger partial charge is 0.494 e.